The van der Waals surface area contributed by atoms with Gasteiger partial charge in [-0.3, -0.25) is 9.48 Å². The molecular formula is C19H18ClN5O2. The number of nitrogens with zero attached hydrogens (tertiary/aromatic N) is 5. The van der Waals surface area contributed by atoms with Crippen LogP contribution in [0.1, 0.15) is 31.1 Å². The van der Waals surface area contributed by atoms with Gasteiger partial charge >= 0.3 is 0 Å². The Hall–Kier alpha value is -2.93. The van der Waals surface area contributed by atoms with E-state index in [1.54, 1.807) is 29.9 Å². The highest BCUT2D eigenvalue weighted by atomic mass is 35.5. The van der Waals surface area contributed by atoms with E-state index in [0.29, 0.717) is 33.9 Å². The number of benzene rings is 1. The Morgan fingerprint density at radius 2 is 1.96 bits per heavy atom. The third-order valence-corrected chi connectivity index (χ3v) is 4.94. The summed E-state index contributed by atoms with van der Waals surface area (Å²) in [6.07, 6.45) is 1.70. The van der Waals surface area contributed by atoms with Gasteiger partial charge in [-0.25, -0.2) is 4.68 Å². The quantitative estimate of drug-likeness (QED) is 0.535. The standard InChI is InChI=1S/C19H18ClN5O2/c1-4-24-15(9-10-21-24)17-18-16(11(2)23-27-18)19(26)25(22-17)12(3)13-5-7-14(20)8-6-13/h5-10,12H,4H2,1-3H3. The van der Waals surface area contributed by atoms with Gasteiger partial charge in [-0.05, 0) is 44.5 Å². The summed E-state index contributed by atoms with van der Waals surface area (Å²) in [6, 6.07) is 8.95. The van der Waals surface area contributed by atoms with Gasteiger partial charge in [-0.2, -0.15) is 10.2 Å². The van der Waals surface area contributed by atoms with Crippen molar-refractivity contribution in [2.75, 3.05) is 0 Å². The molecule has 4 aromatic rings. The molecular weight excluding hydrogens is 366 g/mol. The molecule has 0 fully saturated rings. The fourth-order valence-electron chi connectivity index (χ4n) is 3.19. The summed E-state index contributed by atoms with van der Waals surface area (Å²) >= 11 is 5.99. The van der Waals surface area contributed by atoms with E-state index in [-0.39, 0.29) is 11.6 Å². The Morgan fingerprint density at radius 1 is 1.22 bits per heavy atom. The van der Waals surface area contributed by atoms with E-state index in [1.807, 2.05) is 32.0 Å². The van der Waals surface area contributed by atoms with Gasteiger partial charge in [0.05, 0.1) is 17.4 Å². The van der Waals surface area contributed by atoms with Gasteiger partial charge in [0.1, 0.15) is 5.39 Å². The Balaban J connectivity index is 1.99. The summed E-state index contributed by atoms with van der Waals surface area (Å²) in [7, 11) is 0. The number of hydrogen-bond acceptors (Lipinski definition) is 5. The van der Waals surface area contributed by atoms with Crippen LogP contribution in [0.5, 0.6) is 0 Å². The van der Waals surface area contributed by atoms with Crippen molar-refractivity contribution in [3.05, 3.63) is 63.2 Å². The summed E-state index contributed by atoms with van der Waals surface area (Å²) in [4.78, 5) is 13.1. The van der Waals surface area contributed by atoms with E-state index in [2.05, 4.69) is 15.4 Å². The van der Waals surface area contributed by atoms with Crippen LogP contribution in [-0.2, 0) is 6.54 Å². The van der Waals surface area contributed by atoms with Crippen molar-refractivity contribution in [1.82, 2.24) is 24.7 Å². The molecule has 0 saturated carbocycles. The highest BCUT2D eigenvalue weighted by Crippen LogP contribution is 2.28. The summed E-state index contributed by atoms with van der Waals surface area (Å²) in [5.41, 5.74) is 2.93. The molecule has 3 aromatic heterocycles. The molecule has 0 aliphatic rings. The molecule has 1 atom stereocenters. The predicted octanol–water partition coefficient (Wildman–Crippen LogP) is 3.84. The first kappa shape index (κ1) is 17.5. The first-order valence-corrected chi connectivity index (χ1v) is 9.05. The SMILES string of the molecule is CCn1nccc1-c1nn(C(C)c2ccc(Cl)cc2)c(=O)c2c(C)noc12. The number of rotatable bonds is 4. The zero-order valence-electron chi connectivity index (χ0n) is 15.2. The third-order valence-electron chi connectivity index (χ3n) is 4.69. The molecule has 0 aliphatic heterocycles. The minimum Gasteiger partial charge on any atom is -0.353 e. The molecule has 27 heavy (non-hydrogen) atoms. The van der Waals surface area contributed by atoms with Crippen molar-refractivity contribution >= 4 is 22.6 Å². The molecule has 8 heteroatoms. The van der Waals surface area contributed by atoms with Crippen LogP contribution in [0, 0.1) is 6.92 Å². The fourth-order valence-corrected chi connectivity index (χ4v) is 3.32. The lowest BCUT2D eigenvalue weighted by Crippen LogP contribution is -2.27. The lowest BCUT2D eigenvalue weighted by Gasteiger charge is -2.16. The summed E-state index contributed by atoms with van der Waals surface area (Å²) in [5.74, 6) is 0. The van der Waals surface area contributed by atoms with Crippen LogP contribution in [0.25, 0.3) is 22.4 Å². The average molecular weight is 384 g/mol. The van der Waals surface area contributed by atoms with Crippen LogP contribution in [0.15, 0.2) is 45.8 Å². The van der Waals surface area contributed by atoms with Crippen molar-refractivity contribution in [3.63, 3.8) is 0 Å². The maximum absolute atomic E-state index is 13.1. The topological polar surface area (TPSA) is 78.7 Å². The maximum Gasteiger partial charge on any atom is 0.280 e. The van der Waals surface area contributed by atoms with Crippen LogP contribution >= 0.6 is 11.6 Å². The van der Waals surface area contributed by atoms with Crippen molar-refractivity contribution < 1.29 is 4.52 Å². The largest absolute Gasteiger partial charge is 0.353 e. The number of halogens is 1. The molecule has 3 heterocycles. The minimum atomic E-state index is -0.287. The summed E-state index contributed by atoms with van der Waals surface area (Å²) in [6.45, 7) is 6.34. The number of aromatic nitrogens is 5. The molecule has 0 radical (unpaired) electrons. The van der Waals surface area contributed by atoms with E-state index in [9.17, 15) is 4.79 Å². The predicted molar refractivity (Wildman–Crippen MR) is 103 cm³/mol. The molecule has 0 amide bonds. The van der Waals surface area contributed by atoms with Gasteiger partial charge < -0.3 is 4.52 Å². The number of hydrogen-bond donors (Lipinski definition) is 0. The Morgan fingerprint density at radius 3 is 2.67 bits per heavy atom. The normalized spacial score (nSPS) is 12.6. The molecule has 1 unspecified atom stereocenters. The van der Waals surface area contributed by atoms with E-state index in [4.69, 9.17) is 16.1 Å². The van der Waals surface area contributed by atoms with E-state index in [0.717, 1.165) is 11.3 Å². The van der Waals surface area contributed by atoms with Crippen LogP contribution in [0.4, 0.5) is 0 Å². The average Bonchev–Trinajstić information content (AvgIpc) is 3.29. The Bertz CT molecular complexity index is 1170. The second-order valence-corrected chi connectivity index (χ2v) is 6.77. The van der Waals surface area contributed by atoms with Crippen LogP contribution in [-0.4, -0.2) is 24.7 Å². The smallest absolute Gasteiger partial charge is 0.280 e. The Labute approximate surface area is 160 Å². The molecule has 7 nitrogen and oxygen atoms in total. The molecule has 1 aromatic carbocycles. The van der Waals surface area contributed by atoms with E-state index < -0.39 is 0 Å². The van der Waals surface area contributed by atoms with Gasteiger partial charge in [-0.15, -0.1) is 0 Å². The molecule has 0 spiro atoms. The van der Waals surface area contributed by atoms with Gasteiger partial charge in [0, 0.05) is 17.8 Å². The second kappa shape index (κ2) is 6.66. The van der Waals surface area contributed by atoms with Crippen LogP contribution in [0.3, 0.4) is 0 Å². The van der Waals surface area contributed by atoms with Crippen molar-refractivity contribution in [2.45, 2.75) is 33.4 Å². The van der Waals surface area contributed by atoms with Crippen molar-refractivity contribution in [3.8, 4) is 11.4 Å². The van der Waals surface area contributed by atoms with Crippen molar-refractivity contribution in [2.24, 2.45) is 0 Å². The van der Waals surface area contributed by atoms with Crippen LogP contribution in [0.2, 0.25) is 5.02 Å². The summed E-state index contributed by atoms with van der Waals surface area (Å²) < 4.78 is 8.73. The van der Waals surface area contributed by atoms with Gasteiger partial charge in [0.25, 0.3) is 5.56 Å². The van der Waals surface area contributed by atoms with Gasteiger partial charge in [-0.1, -0.05) is 28.9 Å². The van der Waals surface area contributed by atoms with Gasteiger partial charge in [0.2, 0.25) is 5.58 Å². The lowest BCUT2D eigenvalue weighted by atomic mass is 10.1. The lowest BCUT2D eigenvalue weighted by molar-refractivity contribution is 0.447. The van der Waals surface area contributed by atoms with Crippen molar-refractivity contribution in [1.29, 1.82) is 0 Å². The summed E-state index contributed by atoms with van der Waals surface area (Å²) in [5, 5.41) is 14.0. The molecule has 0 N–H and O–H groups in total. The first-order chi connectivity index (χ1) is 13.0. The minimum absolute atomic E-state index is 0.238. The van der Waals surface area contributed by atoms with Gasteiger partial charge in [0.15, 0.2) is 5.69 Å². The maximum atomic E-state index is 13.1. The monoisotopic (exact) mass is 383 g/mol. The van der Waals surface area contributed by atoms with E-state index in [1.165, 1.54) is 4.68 Å². The molecule has 0 aliphatic carbocycles. The Kier molecular flexibility index (Phi) is 4.31. The highest BCUT2D eigenvalue weighted by Gasteiger charge is 2.23. The number of aryl methyl sites for hydroxylation is 2. The number of fused-ring (bicyclic) bond motifs is 1. The zero-order chi connectivity index (χ0) is 19.1. The fraction of sp³-hybridized carbons (Fsp3) is 0.263. The zero-order valence-corrected chi connectivity index (χ0v) is 15.9. The molecule has 0 bridgehead atoms. The molecule has 4 rings (SSSR count). The third kappa shape index (κ3) is 2.84. The van der Waals surface area contributed by atoms with Crippen LogP contribution < -0.4 is 5.56 Å². The first-order valence-electron chi connectivity index (χ1n) is 8.67. The van der Waals surface area contributed by atoms with E-state index >= 15 is 0 Å². The second-order valence-electron chi connectivity index (χ2n) is 6.33. The molecule has 0 saturated heterocycles. The highest BCUT2D eigenvalue weighted by molar-refractivity contribution is 6.30. The molecule has 138 valence electrons.